The molecule has 0 aromatic heterocycles. The average Bonchev–Trinajstić information content (AvgIpc) is 2.54. The number of nitrogens with one attached hydrogen (secondary N) is 1. The molecular formula is C19H21FN2S. The molecule has 3 rings (SSSR count). The van der Waals surface area contributed by atoms with E-state index in [1.807, 2.05) is 6.07 Å². The largest absolute Gasteiger partial charge is 0.358 e. The summed E-state index contributed by atoms with van der Waals surface area (Å²) in [4.78, 5) is 2.11. The van der Waals surface area contributed by atoms with Crippen LogP contribution in [-0.4, -0.2) is 11.2 Å². The zero-order valence-electron chi connectivity index (χ0n) is 13.5. The molecule has 120 valence electrons. The number of halogens is 1. The molecule has 1 N–H and O–H groups in total. The third kappa shape index (κ3) is 3.53. The first-order valence-corrected chi connectivity index (χ1v) is 8.36. The Balaban J connectivity index is 1.75. The second-order valence-corrected chi connectivity index (χ2v) is 6.56. The van der Waals surface area contributed by atoms with Crippen LogP contribution in [0.1, 0.15) is 30.0 Å². The smallest absolute Gasteiger partial charge is 0.173 e. The average molecular weight is 328 g/mol. The number of aryl methyl sites for hydroxylation is 2. The number of nitrogens with zero attached hydrogens (tertiary/aromatic N) is 1. The molecule has 2 aromatic rings. The number of anilines is 1. The molecule has 1 aliphatic rings. The van der Waals surface area contributed by atoms with Crippen LogP contribution in [0.4, 0.5) is 10.1 Å². The summed E-state index contributed by atoms with van der Waals surface area (Å²) >= 11 is 5.61. The van der Waals surface area contributed by atoms with Crippen LogP contribution in [-0.2, 0) is 13.0 Å². The Morgan fingerprint density at radius 2 is 2.00 bits per heavy atom. The van der Waals surface area contributed by atoms with Gasteiger partial charge in [-0.25, -0.2) is 4.39 Å². The van der Waals surface area contributed by atoms with Crippen LogP contribution < -0.4 is 10.2 Å². The lowest BCUT2D eigenvalue weighted by molar-refractivity contribution is 0.600. The highest BCUT2D eigenvalue weighted by molar-refractivity contribution is 7.80. The predicted molar refractivity (Wildman–Crippen MR) is 97.3 cm³/mol. The van der Waals surface area contributed by atoms with Gasteiger partial charge in [-0.1, -0.05) is 29.8 Å². The first-order valence-electron chi connectivity index (χ1n) is 7.95. The van der Waals surface area contributed by atoms with Gasteiger partial charge in [0.2, 0.25) is 0 Å². The minimum absolute atomic E-state index is 0.184. The maximum atomic E-state index is 13.5. The van der Waals surface area contributed by atoms with Gasteiger partial charge < -0.3 is 10.2 Å². The zero-order valence-corrected chi connectivity index (χ0v) is 14.3. The molecular weight excluding hydrogens is 307 g/mol. The molecule has 0 saturated carbocycles. The molecule has 0 spiro atoms. The van der Waals surface area contributed by atoms with Gasteiger partial charge in [-0.2, -0.15) is 0 Å². The van der Waals surface area contributed by atoms with Gasteiger partial charge in [0, 0.05) is 18.3 Å². The molecule has 1 heterocycles. The number of fused-ring (bicyclic) bond motifs is 1. The Labute approximate surface area is 142 Å². The number of rotatable bonds is 2. The summed E-state index contributed by atoms with van der Waals surface area (Å²) in [7, 11) is 0. The van der Waals surface area contributed by atoms with Gasteiger partial charge in [0.25, 0.3) is 0 Å². The molecule has 0 unspecified atom stereocenters. The maximum absolute atomic E-state index is 13.5. The number of hydrogen-bond donors (Lipinski definition) is 1. The predicted octanol–water partition coefficient (Wildman–Crippen LogP) is 4.35. The van der Waals surface area contributed by atoms with Crippen LogP contribution >= 0.6 is 12.2 Å². The van der Waals surface area contributed by atoms with Crippen LogP contribution in [0.3, 0.4) is 0 Å². The summed E-state index contributed by atoms with van der Waals surface area (Å²) in [5.41, 5.74) is 4.49. The molecule has 0 bridgehead atoms. The Bertz CT molecular complexity index is 712. The first kappa shape index (κ1) is 15.9. The number of hydrogen-bond acceptors (Lipinski definition) is 1. The van der Waals surface area contributed by atoms with Crippen LogP contribution in [0.5, 0.6) is 0 Å². The Hall–Kier alpha value is -1.94. The zero-order chi connectivity index (χ0) is 16.4. The summed E-state index contributed by atoms with van der Waals surface area (Å²) in [6.45, 7) is 4.93. The van der Waals surface area contributed by atoms with Crippen molar-refractivity contribution in [1.82, 2.24) is 5.32 Å². The van der Waals surface area contributed by atoms with E-state index in [1.165, 1.54) is 17.2 Å². The molecule has 23 heavy (non-hydrogen) atoms. The molecule has 0 amide bonds. The molecule has 0 radical (unpaired) electrons. The van der Waals surface area contributed by atoms with Crippen molar-refractivity contribution in [3.05, 3.63) is 65.0 Å². The Kier molecular flexibility index (Phi) is 4.62. The molecule has 2 aromatic carbocycles. The minimum atomic E-state index is -0.184. The van der Waals surface area contributed by atoms with Gasteiger partial charge in [0.05, 0.1) is 0 Å². The fraction of sp³-hybridized carbons (Fsp3) is 0.316. The van der Waals surface area contributed by atoms with Crippen molar-refractivity contribution in [3.63, 3.8) is 0 Å². The van der Waals surface area contributed by atoms with Gasteiger partial charge in [-0.3, -0.25) is 0 Å². The lowest BCUT2D eigenvalue weighted by Gasteiger charge is -2.37. The SMILES string of the molecule is Cc1ccc(CNC(=S)N2c3ccc(F)cc3CC[C@@H]2C)cc1. The van der Waals surface area contributed by atoms with Crippen molar-refractivity contribution < 1.29 is 4.39 Å². The molecule has 0 aliphatic carbocycles. The van der Waals surface area contributed by atoms with E-state index >= 15 is 0 Å². The second kappa shape index (κ2) is 6.67. The highest BCUT2D eigenvalue weighted by Crippen LogP contribution is 2.31. The van der Waals surface area contributed by atoms with Crippen molar-refractivity contribution in [2.75, 3.05) is 4.90 Å². The van der Waals surface area contributed by atoms with Crippen LogP contribution in [0.25, 0.3) is 0 Å². The van der Waals surface area contributed by atoms with Gasteiger partial charge in [0.15, 0.2) is 5.11 Å². The van der Waals surface area contributed by atoms with Gasteiger partial charge >= 0.3 is 0 Å². The van der Waals surface area contributed by atoms with Crippen molar-refractivity contribution >= 4 is 23.0 Å². The fourth-order valence-corrected chi connectivity index (χ4v) is 3.35. The third-order valence-corrected chi connectivity index (χ3v) is 4.70. The minimum Gasteiger partial charge on any atom is -0.358 e. The van der Waals surface area contributed by atoms with E-state index in [1.54, 1.807) is 6.07 Å². The van der Waals surface area contributed by atoms with Gasteiger partial charge in [-0.15, -0.1) is 0 Å². The monoisotopic (exact) mass is 328 g/mol. The molecule has 1 aliphatic heterocycles. The number of thiocarbonyl (C=S) groups is 1. The standard InChI is InChI=1S/C19H21FN2S/c1-13-3-6-15(7-4-13)12-21-19(23)22-14(2)5-8-16-11-17(20)9-10-18(16)22/h3-4,6-7,9-11,14H,5,8,12H2,1-2H3,(H,21,23)/t14-/m0/s1. The van der Waals surface area contributed by atoms with Crippen LogP contribution in [0.15, 0.2) is 42.5 Å². The Morgan fingerprint density at radius 1 is 1.26 bits per heavy atom. The molecule has 0 saturated heterocycles. The van der Waals surface area contributed by atoms with Crippen molar-refractivity contribution in [3.8, 4) is 0 Å². The fourth-order valence-electron chi connectivity index (χ4n) is 3.00. The highest BCUT2D eigenvalue weighted by Gasteiger charge is 2.26. The summed E-state index contributed by atoms with van der Waals surface area (Å²) < 4.78 is 13.5. The lowest BCUT2D eigenvalue weighted by Crippen LogP contribution is -2.47. The summed E-state index contributed by atoms with van der Waals surface area (Å²) in [5, 5.41) is 4.04. The van der Waals surface area contributed by atoms with E-state index in [0.717, 1.165) is 24.1 Å². The quantitative estimate of drug-likeness (QED) is 0.825. The van der Waals surface area contributed by atoms with E-state index in [9.17, 15) is 4.39 Å². The summed E-state index contributed by atoms with van der Waals surface area (Å²) in [6, 6.07) is 13.7. The van der Waals surface area contributed by atoms with Gasteiger partial charge in [0.1, 0.15) is 5.82 Å². The van der Waals surface area contributed by atoms with Crippen LogP contribution in [0, 0.1) is 12.7 Å². The van der Waals surface area contributed by atoms with Crippen molar-refractivity contribution in [1.29, 1.82) is 0 Å². The summed E-state index contributed by atoms with van der Waals surface area (Å²) in [6.07, 6.45) is 1.87. The van der Waals surface area contributed by atoms with E-state index in [-0.39, 0.29) is 5.82 Å². The lowest BCUT2D eigenvalue weighted by atomic mass is 9.97. The van der Waals surface area contributed by atoms with Crippen molar-refractivity contribution in [2.45, 2.75) is 39.3 Å². The molecule has 4 heteroatoms. The van der Waals surface area contributed by atoms with E-state index in [4.69, 9.17) is 12.2 Å². The maximum Gasteiger partial charge on any atom is 0.173 e. The van der Waals surface area contributed by atoms with Gasteiger partial charge in [-0.05, 0) is 68.2 Å². The van der Waals surface area contributed by atoms with E-state index in [0.29, 0.717) is 17.7 Å². The van der Waals surface area contributed by atoms with Crippen molar-refractivity contribution in [2.24, 2.45) is 0 Å². The second-order valence-electron chi connectivity index (χ2n) is 6.18. The number of benzene rings is 2. The molecule has 1 atom stereocenters. The van der Waals surface area contributed by atoms with E-state index in [2.05, 4.69) is 48.3 Å². The molecule has 2 nitrogen and oxygen atoms in total. The third-order valence-electron chi connectivity index (χ3n) is 4.36. The van der Waals surface area contributed by atoms with E-state index < -0.39 is 0 Å². The highest BCUT2D eigenvalue weighted by atomic mass is 32.1. The first-order chi connectivity index (χ1) is 11.0. The summed E-state index contributed by atoms with van der Waals surface area (Å²) in [5.74, 6) is -0.184. The van der Waals surface area contributed by atoms with Crippen LogP contribution in [0.2, 0.25) is 0 Å². The normalized spacial score (nSPS) is 16.8. The Morgan fingerprint density at radius 3 is 2.74 bits per heavy atom. The molecule has 0 fully saturated rings. The topological polar surface area (TPSA) is 15.3 Å².